The summed E-state index contributed by atoms with van der Waals surface area (Å²) in [5.41, 5.74) is -0.896. The molecule has 0 aliphatic heterocycles. The molecule has 0 spiro atoms. The highest BCUT2D eigenvalue weighted by Crippen LogP contribution is 2.28. The number of carboxylic acids is 1. The highest BCUT2D eigenvalue weighted by molar-refractivity contribution is 5.90. The van der Waals surface area contributed by atoms with Crippen LogP contribution in [0.1, 0.15) is 127 Å². The predicted molar refractivity (Wildman–Crippen MR) is 136 cm³/mol. The number of hydrogen-bond donors (Lipinski definition) is 3. The molecule has 0 rings (SSSR count). The highest BCUT2D eigenvalue weighted by atomic mass is 16.4. The number of amides is 2. The van der Waals surface area contributed by atoms with Gasteiger partial charge in [-0.15, -0.1) is 0 Å². The summed E-state index contributed by atoms with van der Waals surface area (Å²) in [4.78, 5) is 37.7. The van der Waals surface area contributed by atoms with Gasteiger partial charge in [0.25, 0.3) is 0 Å². The van der Waals surface area contributed by atoms with Gasteiger partial charge in [0.2, 0.25) is 11.8 Å². The van der Waals surface area contributed by atoms with Gasteiger partial charge in [0.05, 0.1) is 6.42 Å². The van der Waals surface area contributed by atoms with Crippen molar-refractivity contribution in [3.8, 4) is 0 Å². The summed E-state index contributed by atoms with van der Waals surface area (Å²) in [5, 5.41) is 15.4. The van der Waals surface area contributed by atoms with E-state index >= 15 is 0 Å². The molecule has 0 aliphatic carbocycles. The smallest absolute Gasteiger partial charge is 0.304 e. The zero-order chi connectivity index (χ0) is 25.9. The van der Waals surface area contributed by atoms with Gasteiger partial charge in [-0.05, 0) is 37.5 Å². The van der Waals surface area contributed by atoms with E-state index in [4.69, 9.17) is 0 Å². The summed E-state index contributed by atoms with van der Waals surface area (Å²) in [5.74, 6) is -2.18. The molecule has 0 heterocycles. The Kier molecular flexibility index (Phi) is 13.3. The first-order valence-corrected chi connectivity index (χ1v) is 12.8. The second kappa shape index (κ2) is 14.0. The molecule has 0 aliphatic rings. The van der Waals surface area contributed by atoms with E-state index in [1.54, 1.807) is 0 Å². The van der Waals surface area contributed by atoms with E-state index in [9.17, 15) is 19.5 Å². The Morgan fingerprint density at radius 2 is 1.30 bits per heavy atom. The number of carbonyl (C=O) groups is 3. The molecule has 33 heavy (non-hydrogen) atoms. The lowest BCUT2D eigenvalue weighted by Crippen LogP contribution is -2.59. The van der Waals surface area contributed by atoms with E-state index in [2.05, 4.69) is 38.3 Å². The number of hydrogen-bond acceptors (Lipinski definition) is 3. The molecular formula is C27H52N2O4. The van der Waals surface area contributed by atoms with Gasteiger partial charge in [-0.1, -0.05) is 93.4 Å². The van der Waals surface area contributed by atoms with Crippen molar-refractivity contribution < 1.29 is 19.5 Å². The fourth-order valence-corrected chi connectivity index (χ4v) is 4.60. The molecule has 0 bridgehead atoms. The molecule has 0 aromatic rings. The van der Waals surface area contributed by atoms with Crippen LogP contribution in [0.15, 0.2) is 0 Å². The highest BCUT2D eigenvalue weighted by Gasteiger charge is 2.37. The molecule has 0 aromatic heterocycles. The molecule has 1 unspecified atom stereocenters. The van der Waals surface area contributed by atoms with Gasteiger partial charge < -0.3 is 15.7 Å². The van der Waals surface area contributed by atoms with E-state index in [-0.39, 0.29) is 23.7 Å². The maximum atomic E-state index is 13.2. The minimum atomic E-state index is -0.985. The summed E-state index contributed by atoms with van der Waals surface area (Å²) < 4.78 is 0. The molecule has 6 heteroatoms. The normalized spacial score (nSPS) is 14.5. The lowest BCUT2D eigenvalue weighted by molar-refractivity contribution is -0.142. The SMILES string of the molecule is CCCCCCCCC[C@H](CC(=O)O)C(=O)NC(C(=O)NC(C)(C)CC(C)(C)C)C(C)(C)C. The maximum absolute atomic E-state index is 13.2. The van der Waals surface area contributed by atoms with Gasteiger partial charge in [-0.2, -0.15) is 0 Å². The number of rotatable bonds is 15. The lowest BCUT2D eigenvalue weighted by atomic mass is 9.80. The quantitative estimate of drug-likeness (QED) is 0.254. The Morgan fingerprint density at radius 3 is 1.76 bits per heavy atom. The third-order valence-electron chi connectivity index (χ3n) is 5.80. The molecule has 0 radical (unpaired) electrons. The van der Waals surface area contributed by atoms with E-state index in [0.29, 0.717) is 6.42 Å². The molecular weight excluding hydrogens is 416 g/mol. The van der Waals surface area contributed by atoms with Crippen LogP contribution in [0.4, 0.5) is 0 Å². The van der Waals surface area contributed by atoms with Gasteiger partial charge in [0, 0.05) is 11.5 Å². The number of aliphatic carboxylic acids is 1. The molecule has 2 atom stereocenters. The Balaban J connectivity index is 5.17. The third-order valence-corrected chi connectivity index (χ3v) is 5.80. The maximum Gasteiger partial charge on any atom is 0.304 e. The second-order valence-corrected chi connectivity index (χ2v) is 12.6. The van der Waals surface area contributed by atoms with Crippen LogP contribution in [-0.2, 0) is 14.4 Å². The van der Waals surface area contributed by atoms with Gasteiger partial charge >= 0.3 is 5.97 Å². The van der Waals surface area contributed by atoms with Crippen LogP contribution in [0, 0.1) is 16.7 Å². The summed E-state index contributed by atoms with van der Waals surface area (Å²) >= 11 is 0. The van der Waals surface area contributed by atoms with Crippen LogP contribution in [0.5, 0.6) is 0 Å². The van der Waals surface area contributed by atoms with Crippen molar-refractivity contribution in [3.63, 3.8) is 0 Å². The molecule has 0 fully saturated rings. The van der Waals surface area contributed by atoms with E-state index < -0.39 is 28.9 Å². The first-order valence-electron chi connectivity index (χ1n) is 12.8. The Morgan fingerprint density at radius 1 is 0.788 bits per heavy atom. The third kappa shape index (κ3) is 15.0. The average Bonchev–Trinajstić information content (AvgIpc) is 2.60. The average molecular weight is 469 g/mol. The summed E-state index contributed by atoms with van der Waals surface area (Å²) in [6.07, 6.45) is 8.89. The van der Waals surface area contributed by atoms with Crippen LogP contribution in [0.3, 0.4) is 0 Å². The van der Waals surface area contributed by atoms with E-state index in [1.165, 1.54) is 25.7 Å². The Bertz CT molecular complexity index is 615. The van der Waals surface area contributed by atoms with Crippen LogP contribution >= 0.6 is 0 Å². The van der Waals surface area contributed by atoms with Gasteiger partial charge in [0.1, 0.15) is 6.04 Å². The van der Waals surface area contributed by atoms with Crippen molar-refractivity contribution in [2.75, 3.05) is 0 Å². The first-order chi connectivity index (χ1) is 15.0. The van der Waals surface area contributed by atoms with Crippen molar-refractivity contribution in [2.45, 2.75) is 138 Å². The predicted octanol–water partition coefficient (Wildman–Crippen LogP) is 6.08. The van der Waals surface area contributed by atoms with Gasteiger partial charge in [0.15, 0.2) is 0 Å². The van der Waals surface area contributed by atoms with Crippen LogP contribution in [0.2, 0.25) is 0 Å². The fraction of sp³-hybridized carbons (Fsp3) is 0.889. The molecule has 194 valence electrons. The fourth-order valence-electron chi connectivity index (χ4n) is 4.60. The monoisotopic (exact) mass is 468 g/mol. The van der Waals surface area contributed by atoms with Crippen LogP contribution < -0.4 is 10.6 Å². The molecule has 0 saturated carbocycles. The molecule has 0 aromatic carbocycles. The minimum Gasteiger partial charge on any atom is -0.481 e. The standard InChI is InChI=1S/C27H52N2O4/c1-10-11-12-13-14-15-16-17-20(18-21(30)31)23(32)28-22(26(5,6)7)24(33)29-27(8,9)19-25(2,3)4/h20,22H,10-19H2,1-9H3,(H,28,32)(H,29,33)(H,30,31)/t20-,22?/m1/s1. The minimum absolute atomic E-state index is 0.0420. The number of unbranched alkanes of at least 4 members (excludes halogenated alkanes) is 6. The van der Waals surface area contributed by atoms with Crippen molar-refractivity contribution in [2.24, 2.45) is 16.7 Å². The second-order valence-electron chi connectivity index (χ2n) is 12.6. The molecule has 3 N–H and O–H groups in total. The Hall–Kier alpha value is -1.59. The van der Waals surface area contributed by atoms with E-state index in [0.717, 1.165) is 25.7 Å². The molecule has 2 amide bonds. The molecule has 0 saturated heterocycles. The number of nitrogens with one attached hydrogen (secondary N) is 2. The number of carboxylic acid groups (broad SMARTS) is 1. The van der Waals surface area contributed by atoms with Crippen molar-refractivity contribution in [3.05, 3.63) is 0 Å². The van der Waals surface area contributed by atoms with E-state index in [1.807, 2.05) is 34.6 Å². The summed E-state index contributed by atoms with van der Waals surface area (Å²) in [7, 11) is 0. The van der Waals surface area contributed by atoms with Crippen LogP contribution in [0.25, 0.3) is 0 Å². The van der Waals surface area contributed by atoms with Gasteiger partial charge in [-0.3, -0.25) is 14.4 Å². The number of carbonyl (C=O) groups excluding carboxylic acids is 2. The Labute approximate surface area is 203 Å². The molecule has 6 nitrogen and oxygen atoms in total. The summed E-state index contributed by atoms with van der Waals surface area (Å²) in [6, 6.07) is -0.741. The first kappa shape index (κ1) is 31.4. The zero-order valence-electron chi connectivity index (χ0n) is 22.9. The van der Waals surface area contributed by atoms with Gasteiger partial charge in [-0.25, -0.2) is 0 Å². The largest absolute Gasteiger partial charge is 0.481 e. The lowest BCUT2D eigenvalue weighted by Gasteiger charge is -2.37. The summed E-state index contributed by atoms with van der Waals surface area (Å²) in [6.45, 7) is 18.3. The zero-order valence-corrected chi connectivity index (χ0v) is 22.9. The van der Waals surface area contributed by atoms with Crippen molar-refractivity contribution in [1.29, 1.82) is 0 Å². The van der Waals surface area contributed by atoms with Crippen molar-refractivity contribution in [1.82, 2.24) is 10.6 Å². The van der Waals surface area contributed by atoms with Crippen LogP contribution in [-0.4, -0.2) is 34.5 Å². The topological polar surface area (TPSA) is 95.5 Å². The van der Waals surface area contributed by atoms with Crippen molar-refractivity contribution >= 4 is 17.8 Å².